The van der Waals surface area contributed by atoms with Gasteiger partial charge in [-0.05, 0) is 59.8 Å². The van der Waals surface area contributed by atoms with Crippen molar-refractivity contribution in [2.75, 3.05) is 6.54 Å². The highest BCUT2D eigenvalue weighted by Gasteiger charge is 2.14. The van der Waals surface area contributed by atoms with Gasteiger partial charge in [0.15, 0.2) is 0 Å². The largest absolute Gasteiger partial charge is 0.310 e. The molecule has 0 fully saturated rings. The first-order valence-corrected chi connectivity index (χ1v) is 7.66. The third-order valence-electron chi connectivity index (χ3n) is 2.90. The topological polar surface area (TPSA) is 12.0 Å². The van der Waals surface area contributed by atoms with Crippen LogP contribution in [0.3, 0.4) is 0 Å². The standard InChI is InChI=1S/C15H21BrClN/c1-3-5-6-10-14(18-11-4-2)12-8-7-9-13(16)15(12)17/h3,7-9,14,18H,1,4-6,10-11H2,2H3. The van der Waals surface area contributed by atoms with Gasteiger partial charge in [-0.1, -0.05) is 36.7 Å². The molecule has 0 aromatic heterocycles. The second-order valence-corrected chi connectivity index (χ2v) is 5.60. The lowest BCUT2D eigenvalue weighted by atomic mass is 10.0. The fraction of sp³-hybridized carbons (Fsp3) is 0.467. The molecule has 0 heterocycles. The van der Waals surface area contributed by atoms with Crippen LogP contribution >= 0.6 is 27.5 Å². The molecule has 100 valence electrons. The van der Waals surface area contributed by atoms with Crippen LogP contribution in [0.5, 0.6) is 0 Å². The average Bonchev–Trinajstić information content (AvgIpc) is 2.37. The number of nitrogens with one attached hydrogen (secondary N) is 1. The molecular weight excluding hydrogens is 310 g/mol. The van der Waals surface area contributed by atoms with Gasteiger partial charge in [0.05, 0.1) is 5.02 Å². The summed E-state index contributed by atoms with van der Waals surface area (Å²) < 4.78 is 0.966. The van der Waals surface area contributed by atoms with E-state index < -0.39 is 0 Å². The molecule has 1 N–H and O–H groups in total. The van der Waals surface area contributed by atoms with Crippen molar-refractivity contribution in [3.63, 3.8) is 0 Å². The average molecular weight is 331 g/mol. The number of allylic oxidation sites excluding steroid dienone is 1. The number of hydrogen-bond acceptors (Lipinski definition) is 1. The maximum absolute atomic E-state index is 6.37. The van der Waals surface area contributed by atoms with Gasteiger partial charge >= 0.3 is 0 Å². The summed E-state index contributed by atoms with van der Waals surface area (Å²) in [5.41, 5.74) is 1.18. The van der Waals surface area contributed by atoms with E-state index in [4.69, 9.17) is 11.6 Å². The van der Waals surface area contributed by atoms with Gasteiger partial charge in [0, 0.05) is 10.5 Å². The molecule has 0 amide bonds. The summed E-state index contributed by atoms with van der Waals surface area (Å²) in [4.78, 5) is 0. The van der Waals surface area contributed by atoms with Crippen LogP contribution < -0.4 is 5.32 Å². The lowest BCUT2D eigenvalue weighted by Crippen LogP contribution is -2.22. The first-order chi connectivity index (χ1) is 8.70. The van der Waals surface area contributed by atoms with E-state index in [1.165, 1.54) is 5.56 Å². The monoisotopic (exact) mass is 329 g/mol. The highest BCUT2D eigenvalue weighted by atomic mass is 79.9. The summed E-state index contributed by atoms with van der Waals surface area (Å²) in [7, 11) is 0. The van der Waals surface area contributed by atoms with Crippen LogP contribution in [-0.4, -0.2) is 6.54 Å². The Hall–Kier alpha value is -0.310. The second kappa shape index (κ2) is 8.73. The molecule has 1 aromatic rings. The highest BCUT2D eigenvalue weighted by Crippen LogP contribution is 2.32. The predicted molar refractivity (Wildman–Crippen MR) is 84.2 cm³/mol. The minimum Gasteiger partial charge on any atom is -0.310 e. The van der Waals surface area contributed by atoms with Gasteiger partial charge in [0.1, 0.15) is 0 Å². The van der Waals surface area contributed by atoms with Crippen molar-refractivity contribution in [2.24, 2.45) is 0 Å². The summed E-state index contributed by atoms with van der Waals surface area (Å²) in [5, 5.41) is 4.40. The van der Waals surface area contributed by atoms with Gasteiger partial charge in [-0.3, -0.25) is 0 Å². The molecule has 1 aromatic carbocycles. The molecule has 1 nitrogen and oxygen atoms in total. The predicted octanol–water partition coefficient (Wildman–Crippen LogP) is 5.50. The van der Waals surface area contributed by atoms with Crippen LogP contribution in [0.25, 0.3) is 0 Å². The number of hydrogen-bond donors (Lipinski definition) is 1. The fourth-order valence-electron chi connectivity index (χ4n) is 1.94. The van der Waals surface area contributed by atoms with E-state index in [9.17, 15) is 0 Å². The third kappa shape index (κ3) is 4.75. The fourth-order valence-corrected chi connectivity index (χ4v) is 2.58. The van der Waals surface area contributed by atoms with Crippen molar-refractivity contribution in [3.8, 4) is 0 Å². The summed E-state index contributed by atoms with van der Waals surface area (Å²) in [5.74, 6) is 0. The van der Waals surface area contributed by atoms with Gasteiger partial charge in [-0.2, -0.15) is 0 Å². The van der Waals surface area contributed by atoms with Crippen LogP contribution in [0.1, 0.15) is 44.2 Å². The first kappa shape index (κ1) is 15.7. The molecule has 0 saturated carbocycles. The summed E-state index contributed by atoms with van der Waals surface area (Å²) >= 11 is 9.86. The maximum atomic E-state index is 6.37. The zero-order chi connectivity index (χ0) is 13.4. The van der Waals surface area contributed by atoms with E-state index in [0.717, 1.165) is 41.7 Å². The first-order valence-electron chi connectivity index (χ1n) is 6.48. The van der Waals surface area contributed by atoms with Crippen LogP contribution in [0.2, 0.25) is 5.02 Å². The number of rotatable bonds is 8. The van der Waals surface area contributed by atoms with E-state index >= 15 is 0 Å². The Kier molecular flexibility index (Phi) is 7.64. The minimum absolute atomic E-state index is 0.329. The molecule has 0 bridgehead atoms. The molecule has 1 rings (SSSR count). The van der Waals surface area contributed by atoms with E-state index in [1.807, 2.05) is 18.2 Å². The Morgan fingerprint density at radius 1 is 1.50 bits per heavy atom. The molecular formula is C15H21BrClN. The SMILES string of the molecule is C=CCCCC(NCCC)c1cccc(Br)c1Cl. The molecule has 0 aliphatic heterocycles. The third-order valence-corrected chi connectivity index (χ3v) is 4.21. The maximum Gasteiger partial charge on any atom is 0.0595 e. The summed E-state index contributed by atoms with van der Waals surface area (Å²) in [6, 6.07) is 6.45. The molecule has 1 atom stereocenters. The zero-order valence-corrected chi connectivity index (χ0v) is 13.2. The van der Waals surface area contributed by atoms with Crippen molar-refractivity contribution in [2.45, 2.75) is 38.6 Å². The molecule has 0 saturated heterocycles. The Balaban J connectivity index is 2.79. The summed E-state index contributed by atoms with van der Waals surface area (Å²) in [6.07, 6.45) is 6.37. The normalized spacial score (nSPS) is 12.4. The van der Waals surface area contributed by atoms with E-state index in [-0.39, 0.29) is 0 Å². The van der Waals surface area contributed by atoms with Crippen molar-refractivity contribution in [3.05, 3.63) is 45.9 Å². The molecule has 0 spiro atoms. The minimum atomic E-state index is 0.329. The molecule has 0 aliphatic rings. The molecule has 3 heteroatoms. The zero-order valence-electron chi connectivity index (χ0n) is 10.9. The van der Waals surface area contributed by atoms with Crippen molar-refractivity contribution in [1.29, 1.82) is 0 Å². The van der Waals surface area contributed by atoms with Crippen molar-refractivity contribution >= 4 is 27.5 Å². The Morgan fingerprint density at radius 3 is 2.94 bits per heavy atom. The highest BCUT2D eigenvalue weighted by molar-refractivity contribution is 9.10. The Labute approximate surface area is 124 Å². The van der Waals surface area contributed by atoms with Gasteiger partial charge in [0.2, 0.25) is 0 Å². The molecule has 1 unspecified atom stereocenters. The second-order valence-electron chi connectivity index (χ2n) is 4.37. The van der Waals surface area contributed by atoms with Crippen LogP contribution in [0.15, 0.2) is 35.3 Å². The molecule has 0 radical (unpaired) electrons. The molecule has 18 heavy (non-hydrogen) atoms. The van der Waals surface area contributed by atoms with Gasteiger partial charge < -0.3 is 5.32 Å². The number of unbranched alkanes of at least 4 members (excludes halogenated alkanes) is 1. The summed E-state index contributed by atoms with van der Waals surface area (Å²) in [6.45, 7) is 6.96. The van der Waals surface area contributed by atoms with Crippen LogP contribution in [0.4, 0.5) is 0 Å². The van der Waals surface area contributed by atoms with Gasteiger partial charge in [0.25, 0.3) is 0 Å². The Bertz CT molecular complexity index is 379. The lowest BCUT2D eigenvalue weighted by molar-refractivity contribution is 0.486. The van der Waals surface area contributed by atoms with E-state index in [0.29, 0.717) is 6.04 Å². The quantitative estimate of drug-likeness (QED) is 0.490. The van der Waals surface area contributed by atoms with E-state index in [1.54, 1.807) is 0 Å². The molecule has 0 aliphatic carbocycles. The van der Waals surface area contributed by atoms with Crippen LogP contribution in [-0.2, 0) is 0 Å². The Morgan fingerprint density at radius 2 is 2.28 bits per heavy atom. The smallest absolute Gasteiger partial charge is 0.0595 e. The van der Waals surface area contributed by atoms with Crippen molar-refractivity contribution < 1.29 is 0 Å². The van der Waals surface area contributed by atoms with E-state index in [2.05, 4.69) is 40.8 Å². The van der Waals surface area contributed by atoms with Crippen molar-refractivity contribution in [1.82, 2.24) is 5.32 Å². The van der Waals surface area contributed by atoms with Gasteiger partial charge in [-0.15, -0.1) is 6.58 Å². The number of benzene rings is 1. The number of halogens is 2. The van der Waals surface area contributed by atoms with Crippen LogP contribution in [0, 0.1) is 0 Å². The van der Waals surface area contributed by atoms with Gasteiger partial charge in [-0.25, -0.2) is 0 Å². The lowest BCUT2D eigenvalue weighted by Gasteiger charge is -2.20.